The van der Waals surface area contributed by atoms with E-state index in [0.717, 1.165) is 20.9 Å². The molecule has 2 aromatic heterocycles. The van der Waals surface area contributed by atoms with Gasteiger partial charge in [-0.3, -0.25) is 4.79 Å². The summed E-state index contributed by atoms with van der Waals surface area (Å²) in [5.41, 5.74) is 2.37. The van der Waals surface area contributed by atoms with Gasteiger partial charge in [-0.1, -0.05) is 25.4 Å². The van der Waals surface area contributed by atoms with Gasteiger partial charge in [0.2, 0.25) is 5.91 Å². The van der Waals surface area contributed by atoms with Crippen LogP contribution in [0.1, 0.15) is 31.7 Å². The number of aromatic nitrogens is 2. The second kappa shape index (κ2) is 7.37. The number of anilines is 2. The molecule has 1 amide bonds. The molecule has 0 aliphatic heterocycles. The molecule has 5 nitrogen and oxygen atoms in total. The summed E-state index contributed by atoms with van der Waals surface area (Å²) in [7, 11) is 0. The van der Waals surface area contributed by atoms with Gasteiger partial charge in [0.15, 0.2) is 5.15 Å². The Labute approximate surface area is 155 Å². The van der Waals surface area contributed by atoms with E-state index in [1.54, 1.807) is 36.6 Å². The number of pyridine rings is 1. The molecule has 25 heavy (non-hydrogen) atoms. The summed E-state index contributed by atoms with van der Waals surface area (Å²) >= 11 is 7.66. The number of amides is 1. The second-order valence-electron chi connectivity index (χ2n) is 6.09. The lowest BCUT2D eigenvalue weighted by Crippen LogP contribution is -2.32. The maximum absolute atomic E-state index is 12.4. The molecule has 0 spiro atoms. The summed E-state index contributed by atoms with van der Waals surface area (Å²) < 4.78 is 1.11. The Balaban J connectivity index is 1.71. The zero-order chi connectivity index (χ0) is 18.0. The van der Waals surface area contributed by atoms with Crippen molar-refractivity contribution in [3.63, 3.8) is 0 Å². The van der Waals surface area contributed by atoms with Crippen molar-refractivity contribution in [2.75, 3.05) is 10.6 Å². The standard InChI is InChI=1S/C18H19ClN4OS/c1-10(2)18-23-13-7-6-12(9-15(13)25-18)21-11(3)17(24)22-14-5-4-8-20-16(14)19/h4-11,21H,1-3H3,(H,22,24)/t11-/m1/s1. The van der Waals surface area contributed by atoms with Crippen molar-refractivity contribution in [2.45, 2.75) is 32.7 Å². The van der Waals surface area contributed by atoms with Crippen molar-refractivity contribution in [3.05, 3.63) is 46.7 Å². The largest absolute Gasteiger partial charge is 0.374 e. The number of hydrogen-bond donors (Lipinski definition) is 2. The van der Waals surface area contributed by atoms with Gasteiger partial charge in [-0.15, -0.1) is 11.3 Å². The van der Waals surface area contributed by atoms with Crippen LogP contribution in [-0.2, 0) is 4.79 Å². The first-order valence-corrected chi connectivity index (χ1v) is 9.22. The molecule has 2 heterocycles. The first-order chi connectivity index (χ1) is 11.9. The maximum Gasteiger partial charge on any atom is 0.246 e. The Kier molecular flexibility index (Phi) is 5.20. The summed E-state index contributed by atoms with van der Waals surface area (Å²) in [5.74, 6) is 0.227. The molecule has 0 saturated carbocycles. The Morgan fingerprint density at radius 3 is 2.76 bits per heavy atom. The van der Waals surface area contributed by atoms with Gasteiger partial charge in [-0.25, -0.2) is 9.97 Å². The minimum absolute atomic E-state index is 0.179. The topological polar surface area (TPSA) is 66.9 Å². The maximum atomic E-state index is 12.4. The van der Waals surface area contributed by atoms with E-state index in [4.69, 9.17) is 11.6 Å². The molecule has 0 aliphatic carbocycles. The normalized spacial score (nSPS) is 12.4. The van der Waals surface area contributed by atoms with Crippen molar-refractivity contribution < 1.29 is 4.79 Å². The molecular weight excluding hydrogens is 356 g/mol. The average Bonchev–Trinajstić information content (AvgIpc) is 3.00. The van der Waals surface area contributed by atoms with Crippen LogP contribution in [0.15, 0.2) is 36.5 Å². The van der Waals surface area contributed by atoms with Crippen molar-refractivity contribution in [1.82, 2.24) is 9.97 Å². The van der Waals surface area contributed by atoms with Gasteiger partial charge in [0, 0.05) is 17.8 Å². The SMILES string of the molecule is CC(C)c1nc2ccc(N[C@H](C)C(=O)Nc3cccnc3Cl)cc2s1. The summed E-state index contributed by atoms with van der Waals surface area (Å²) in [5, 5.41) is 7.38. The van der Waals surface area contributed by atoms with E-state index in [-0.39, 0.29) is 11.1 Å². The molecule has 0 radical (unpaired) electrons. The van der Waals surface area contributed by atoms with E-state index in [9.17, 15) is 4.79 Å². The van der Waals surface area contributed by atoms with E-state index < -0.39 is 6.04 Å². The van der Waals surface area contributed by atoms with Gasteiger partial charge in [0.25, 0.3) is 0 Å². The highest BCUT2D eigenvalue weighted by Crippen LogP contribution is 2.29. The fourth-order valence-electron chi connectivity index (χ4n) is 2.31. The van der Waals surface area contributed by atoms with Gasteiger partial charge in [-0.05, 0) is 37.3 Å². The molecule has 3 rings (SSSR count). The third kappa shape index (κ3) is 4.08. The molecule has 1 atom stereocenters. The minimum Gasteiger partial charge on any atom is -0.374 e. The third-order valence-electron chi connectivity index (χ3n) is 3.69. The predicted molar refractivity (Wildman–Crippen MR) is 105 cm³/mol. The smallest absolute Gasteiger partial charge is 0.246 e. The number of benzene rings is 1. The second-order valence-corrected chi connectivity index (χ2v) is 7.51. The number of hydrogen-bond acceptors (Lipinski definition) is 5. The van der Waals surface area contributed by atoms with Crippen molar-refractivity contribution in [1.29, 1.82) is 0 Å². The van der Waals surface area contributed by atoms with Crippen LogP contribution in [0.3, 0.4) is 0 Å². The Bertz CT molecular complexity index is 909. The number of nitrogens with one attached hydrogen (secondary N) is 2. The number of rotatable bonds is 5. The summed E-state index contributed by atoms with van der Waals surface area (Å²) in [4.78, 5) is 20.9. The zero-order valence-electron chi connectivity index (χ0n) is 14.2. The van der Waals surface area contributed by atoms with Gasteiger partial charge in [0.1, 0.15) is 6.04 Å². The number of carbonyl (C=O) groups excluding carboxylic acids is 1. The highest BCUT2D eigenvalue weighted by atomic mass is 35.5. The fourth-order valence-corrected chi connectivity index (χ4v) is 3.49. The molecule has 0 bridgehead atoms. The zero-order valence-corrected chi connectivity index (χ0v) is 15.8. The number of fused-ring (bicyclic) bond motifs is 1. The average molecular weight is 375 g/mol. The molecule has 130 valence electrons. The Hall–Kier alpha value is -2.18. The van der Waals surface area contributed by atoms with Gasteiger partial charge in [-0.2, -0.15) is 0 Å². The van der Waals surface area contributed by atoms with E-state index in [2.05, 4.69) is 34.4 Å². The number of carbonyl (C=O) groups is 1. The van der Waals surface area contributed by atoms with Crippen LogP contribution in [0.25, 0.3) is 10.2 Å². The molecular formula is C18H19ClN4OS. The Morgan fingerprint density at radius 1 is 1.24 bits per heavy atom. The first kappa shape index (κ1) is 17.6. The van der Waals surface area contributed by atoms with E-state index in [1.165, 1.54) is 0 Å². The molecule has 0 aliphatic rings. The van der Waals surface area contributed by atoms with E-state index >= 15 is 0 Å². The number of thiazole rings is 1. The van der Waals surface area contributed by atoms with Gasteiger partial charge < -0.3 is 10.6 Å². The highest BCUT2D eigenvalue weighted by Gasteiger charge is 2.15. The van der Waals surface area contributed by atoms with Gasteiger partial charge >= 0.3 is 0 Å². The molecule has 7 heteroatoms. The molecule has 2 N–H and O–H groups in total. The van der Waals surface area contributed by atoms with Crippen molar-refractivity contribution >= 4 is 50.4 Å². The van der Waals surface area contributed by atoms with Crippen LogP contribution in [0.2, 0.25) is 5.15 Å². The molecule has 3 aromatic rings. The summed E-state index contributed by atoms with van der Waals surface area (Å²) in [6.07, 6.45) is 1.58. The van der Waals surface area contributed by atoms with Gasteiger partial charge in [0.05, 0.1) is 20.9 Å². The van der Waals surface area contributed by atoms with Crippen LogP contribution in [-0.4, -0.2) is 21.9 Å². The predicted octanol–water partition coefficient (Wildman–Crippen LogP) is 4.91. The van der Waals surface area contributed by atoms with Crippen LogP contribution >= 0.6 is 22.9 Å². The van der Waals surface area contributed by atoms with Crippen molar-refractivity contribution in [2.24, 2.45) is 0 Å². The minimum atomic E-state index is -0.425. The lowest BCUT2D eigenvalue weighted by Gasteiger charge is -2.15. The monoisotopic (exact) mass is 374 g/mol. The quantitative estimate of drug-likeness (QED) is 0.623. The van der Waals surface area contributed by atoms with E-state index in [0.29, 0.717) is 11.6 Å². The molecule has 0 saturated heterocycles. The molecule has 0 unspecified atom stereocenters. The molecule has 1 aromatic carbocycles. The lowest BCUT2D eigenvalue weighted by molar-refractivity contribution is -0.116. The fraction of sp³-hybridized carbons (Fsp3) is 0.278. The summed E-state index contributed by atoms with van der Waals surface area (Å²) in [6, 6.07) is 8.96. The molecule has 0 fully saturated rings. The van der Waals surface area contributed by atoms with Crippen LogP contribution < -0.4 is 10.6 Å². The van der Waals surface area contributed by atoms with Crippen LogP contribution in [0, 0.1) is 0 Å². The lowest BCUT2D eigenvalue weighted by atomic mass is 10.2. The third-order valence-corrected chi connectivity index (χ3v) is 5.31. The van der Waals surface area contributed by atoms with Crippen LogP contribution in [0.4, 0.5) is 11.4 Å². The van der Waals surface area contributed by atoms with E-state index in [1.807, 2.05) is 18.2 Å². The summed E-state index contributed by atoms with van der Waals surface area (Å²) in [6.45, 7) is 6.07. The van der Waals surface area contributed by atoms with Crippen LogP contribution in [0.5, 0.6) is 0 Å². The Morgan fingerprint density at radius 2 is 2.04 bits per heavy atom. The number of nitrogens with zero attached hydrogens (tertiary/aromatic N) is 2. The number of halogens is 1. The van der Waals surface area contributed by atoms with Crippen molar-refractivity contribution in [3.8, 4) is 0 Å². The highest BCUT2D eigenvalue weighted by molar-refractivity contribution is 7.18. The first-order valence-electron chi connectivity index (χ1n) is 8.02.